The van der Waals surface area contributed by atoms with Crippen molar-refractivity contribution >= 4 is 92.4 Å². The second kappa shape index (κ2) is 14.7. The first-order chi connectivity index (χ1) is 31.7. The summed E-state index contributed by atoms with van der Waals surface area (Å²) >= 11 is 1.86. The van der Waals surface area contributed by atoms with Crippen molar-refractivity contribution in [1.82, 2.24) is 0 Å². The molecule has 0 aliphatic carbocycles. The van der Waals surface area contributed by atoms with Gasteiger partial charge in [-0.1, -0.05) is 158 Å². The summed E-state index contributed by atoms with van der Waals surface area (Å²) in [5, 5.41) is 6.77. The summed E-state index contributed by atoms with van der Waals surface area (Å²) in [6.45, 7) is 0. The zero-order valence-corrected chi connectivity index (χ0v) is 35.4. The van der Waals surface area contributed by atoms with Gasteiger partial charge in [-0.25, -0.2) is 0 Å². The van der Waals surface area contributed by atoms with Gasteiger partial charge in [-0.2, -0.15) is 0 Å². The van der Waals surface area contributed by atoms with E-state index in [1.54, 1.807) is 0 Å². The van der Waals surface area contributed by atoms with E-state index in [2.05, 4.69) is 217 Å². The van der Waals surface area contributed by atoms with Crippen LogP contribution in [0.3, 0.4) is 0 Å². The van der Waals surface area contributed by atoms with Crippen molar-refractivity contribution < 1.29 is 8.83 Å². The molecular weight excluding hydrogens is 799 g/mol. The van der Waals surface area contributed by atoms with Gasteiger partial charge in [0.2, 0.25) is 0 Å². The van der Waals surface area contributed by atoms with Gasteiger partial charge in [-0.15, -0.1) is 11.3 Å². The normalized spacial score (nSPS) is 11.8. The van der Waals surface area contributed by atoms with Crippen LogP contribution in [0.15, 0.2) is 233 Å². The maximum absolute atomic E-state index is 7.06. The van der Waals surface area contributed by atoms with Crippen LogP contribution < -0.4 is 4.90 Å². The van der Waals surface area contributed by atoms with Crippen LogP contribution in [0.5, 0.6) is 0 Å². The van der Waals surface area contributed by atoms with Crippen LogP contribution in [0, 0.1) is 0 Å². The molecule has 10 aromatic carbocycles. The number of anilines is 3. The highest BCUT2D eigenvalue weighted by molar-refractivity contribution is 7.26. The second-order valence-corrected chi connectivity index (χ2v) is 17.4. The van der Waals surface area contributed by atoms with Crippen molar-refractivity contribution in [2.45, 2.75) is 0 Å². The SMILES string of the molecule is c1ccc(-c2ccc3c(c2)oc2c(-c4ccccc4)ccc(N(c4ccc5c(c4)oc4ccccc45)c4ccc5sc6c(-c7ccccc7)ccc(-c7ccccc7)c6c5c4)c23)cc1. The monoisotopic (exact) mass is 835 g/mol. The fourth-order valence-electron chi connectivity index (χ4n) is 9.70. The van der Waals surface area contributed by atoms with E-state index < -0.39 is 0 Å². The predicted molar refractivity (Wildman–Crippen MR) is 270 cm³/mol. The molecule has 64 heavy (non-hydrogen) atoms. The molecule has 13 aromatic rings. The molecule has 4 heteroatoms. The molecule has 0 saturated heterocycles. The van der Waals surface area contributed by atoms with Gasteiger partial charge in [0.15, 0.2) is 0 Å². The molecule has 0 aliphatic rings. The van der Waals surface area contributed by atoms with Crippen molar-refractivity contribution in [3.05, 3.63) is 224 Å². The average molecular weight is 836 g/mol. The van der Waals surface area contributed by atoms with Gasteiger partial charge in [0.05, 0.1) is 11.1 Å². The van der Waals surface area contributed by atoms with Crippen molar-refractivity contribution in [2.24, 2.45) is 0 Å². The smallest absolute Gasteiger partial charge is 0.145 e. The fraction of sp³-hybridized carbons (Fsp3) is 0. The van der Waals surface area contributed by atoms with Gasteiger partial charge in [0.1, 0.15) is 22.3 Å². The van der Waals surface area contributed by atoms with Crippen molar-refractivity contribution in [2.75, 3.05) is 4.90 Å². The van der Waals surface area contributed by atoms with Crippen LogP contribution >= 0.6 is 11.3 Å². The fourth-order valence-corrected chi connectivity index (χ4v) is 10.9. The number of hydrogen-bond acceptors (Lipinski definition) is 4. The molecule has 0 fully saturated rings. The van der Waals surface area contributed by atoms with Gasteiger partial charge in [-0.3, -0.25) is 0 Å². The predicted octanol–water partition coefficient (Wildman–Crippen LogP) is 18.0. The van der Waals surface area contributed by atoms with Crippen LogP contribution in [0.2, 0.25) is 0 Å². The zero-order chi connectivity index (χ0) is 42.1. The second-order valence-electron chi connectivity index (χ2n) is 16.4. The Balaban J connectivity index is 1.11. The lowest BCUT2D eigenvalue weighted by Gasteiger charge is -2.27. The van der Waals surface area contributed by atoms with E-state index in [0.29, 0.717) is 0 Å². The van der Waals surface area contributed by atoms with E-state index in [1.165, 1.54) is 42.4 Å². The van der Waals surface area contributed by atoms with Crippen LogP contribution in [0.25, 0.3) is 109 Å². The minimum absolute atomic E-state index is 0.839. The average Bonchev–Trinajstić information content (AvgIpc) is 4.06. The molecule has 3 aromatic heterocycles. The highest BCUT2D eigenvalue weighted by Gasteiger charge is 2.25. The van der Waals surface area contributed by atoms with Crippen molar-refractivity contribution in [3.63, 3.8) is 0 Å². The number of benzene rings is 10. The molecule has 13 rings (SSSR count). The quantitative estimate of drug-likeness (QED) is 0.160. The molecule has 0 bridgehead atoms. The highest BCUT2D eigenvalue weighted by atomic mass is 32.1. The number of thiophene rings is 1. The van der Waals surface area contributed by atoms with Crippen molar-refractivity contribution in [1.29, 1.82) is 0 Å². The molecule has 3 heterocycles. The Morgan fingerprint density at radius 3 is 1.64 bits per heavy atom. The summed E-state index contributed by atoms with van der Waals surface area (Å²) in [6.07, 6.45) is 0. The largest absolute Gasteiger partial charge is 0.456 e. The number of rotatable bonds is 7. The van der Waals surface area contributed by atoms with E-state index in [0.717, 1.165) is 83.2 Å². The molecule has 0 amide bonds. The highest BCUT2D eigenvalue weighted by Crippen LogP contribution is 2.50. The lowest BCUT2D eigenvalue weighted by atomic mass is 9.94. The molecule has 0 aliphatic heterocycles. The number of hydrogen-bond donors (Lipinski definition) is 0. The first kappa shape index (κ1) is 36.5. The Labute approximate surface area is 373 Å². The summed E-state index contributed by atoms with van der Waals surface area (Å²) in [7, 11) is 0. The molecule has 300 valence electrons. The molecule has 0 saturated carbocycles. The Bertz CT molecular complexity index is 3890. The third kappa shape index (κ3) is 5.88. The summed E-state index contributed by atoms with van der Waals surface area (Å²) in [5.41, 5.74) is 15.7. The van der Waals surface area contributed by atoms with E-state index in [1.807, 2.05) is 23.5 Å². The molecule has 0 spiro atoms. The van der Waals surface area contributed by atoms with E-state index in [-0.39, 0.29) is 0 Å². The number of furan rings is 2. The van der Waals surface area contributed by atoms with E-state index in [9.17, 15) is 0 Å². The Morgan fingerprint density at radius 2 is 0.891 bits per heavy atom. The van der Waals surface area contributed by atoms with Gasteiger partial charge in [-0.05, 0) is 99.6 Å². The first-order valence-electron chi connectivity index (χ1n) is 21.7. The molecule has 3 nitrogen and oxygen atoms in total. The van der Waals surface area contributed by atoms with Crippen LogP contribution in [0.4, 0.5) is 17.1 Å². The maximum atomic E-state index is 7.06. The lowest BCUT2D eigenvalue weighted by molar-refractivity contribution is 0.669. The van der Waals surface area contributed by atoms with Gasteiger partial charge in [0.25, 0.3) is 0 Å². The Morgan fingerprint density at radius 1 is 0.328 bits per heavy atom. The van der Waals surface area contributed by atoms with E-state index in [4.69, 9.17) is 8.83 Å². The summed E-state index contributed by atoms with van der Waals surface area (Å²) in [6, 6.07) is 80.3. The van der Waals surface area contributed by atoms with Crippen LogP contribution in [-0.2, 0) is 0 Å². The molecule has 0 radical (unpaired) electrons. The minimum Gasteiger partial charge on any atom is -0.456 e. The molecule has 0 atom stereocenters. The zero-order valence-electron chi connectivity index (χ0n) is 34.5. The minimum atomic E-state index is 0.839. The summed E-state index contributed by atoms with van der Waals surface area (Å²) in [4.78, 5) is 2.40. The summed E-state index contributed by atoms with van der Waals surface area (Å²) in [5.74, 6) is 0. The third-order valence-electron chi connectivity index (χ3n) is 12.7. The van der Waals surface area contributed by atoms with Crippen LogP contribution in [0.1, 0.15) is 0 Å². The topological polar surface area (TPSA) is 29.5 Å². The first-order valence-corrected chi connectivity index (χ1v) is 22.5. The number of para-hydroxylation sites is 1. The molecular formula is C60H37NO2S. The number of nitrogens with zero attached hydrogens (tertiary/aromatic N) is 1. The Hall–Kier alpha value is -8.18. The standard InChI is InChI=1S/C60H37NO2S/c1-5-15-38(16-6-1)42-25-28-50-54(35-42)63-59-46(40-19-9-3-10-20-40)32-33-52(58(50)59)61(44-26-29-49-48-23-13-14-24-53(48)62-55(49)37-44)43-27-34-56-51(36-43)57-45(39-17-7-2-8-18-39)30-31-47(60(57)64-56)41-21-11-4-12-22-41/h1-37H. The number of fused-ring (bicyclic) bond motifs is 9. The lowest BCUT2D eigenvalue weighted by Crippen LogP contribution is -2.10. The van der Waals surface area contributed by atoms with Crippen LogP contribution in [-0.4, -0.2) is 0 Å². The van der Waals surface area contributed by atoms with Gasteiger partial charge in [0, 0.05) is 59.3 Å². The molecule has 0 N–H and O–H groups in total. The third-order valence-corrected chi connectivity index (χ3v) is 13.9. The summed E-state index contributed by atoms with van der Waals surface area (Å²) < 4.78 is 16.2. The molecule has 0 unspecified atom stereocenters. The Kier molecular flexibility index (Phi) is 8.40. The van der Waals surface area contributed by atoms with E-state index >= 15 is 0 Å². The van der Waals surface area contributed by atoms with Gasteiger partial charge >= 0.3 is 0 Å². The van der Waals surface area contributed by atoms with Crippen molar-refractivity contribution in [3.8, 4) is 44.5 Å². The van der Waals surface area contributed by atoms with Gasteiger partial charge < -0.3 is 13.7 Å². The maximum Gasteiger partial charge on any atom is 0.145 e.